The molecule has 5 nitrogen and oxygen atoms in total. The van der Waals surface area contributed by atoms with Gasteiger partial charge in [0.25, 0.3) is 5.69 Å². The minimum Gasteiger partial charge on any atom is -0.411 e. The van der Waals surface area contributed by atoms with E-state index in [0.29, 0.717) is 10.6 Å². The number of hydrogen-bond donors (Lipinski definition) is 1. The molecule has 74 valence electrons. The van der Waals surface area contributed by atoms with E-state index in [0.717, 1.165) is 0 Å². The van der Waals surface area contributed by atoms with Gasteiger partial charge in [-0.25, -0.2) is 0 Å². The van der Waals surface area contributed by atoms with E-state index in [9.17, 15) is 10.1 Å². The molecule has 0 aliphatic carbocycles. The zero-order valence-electron chi connectivity index (χ0n) is 7.27. The van der Waals surface area contributed by atoms with Gasteiger partial charge >= 0.3 is 0 Å². The van der Waals surface area contributed by atoms with Crippen LogP contribution in [0.4, 0.5) is 5.69 Å². The lowest BCUT2D eigenvalue weighted by molar-refractivity contribution is -0.384. The van der Waals surface area contributed by atoms with Crippen LogP contribution in [0.1, 0.15) is 12.5 Å². The van der Waals surface area contributed by atoms with E-state index in [1.165, 1.54) is 25.1 Å². The van der Waals surface area contributed by atoms with Crippen LogP contribution in [0.3, 0.4) is 0 Å². The molecule has 0 aliphatic rings. The Hall–Kier alpha value is -1.62. The molecule has 6 heteroatoms. The summed E-state index contributed by atoms with van der Waals surface area (Å²) in [5.74, 6) is 0. The number of oxime groups is 1. The average molecular weight is 215 g/mol. The summed E-state index contributed by atoms with van der Waals surface area (Å²) in [6.07, 6.45) is 0. The molecule has 1 aromatic rings. The van der Waals surface area contributed by atoms with Gasteiger partial charge in [0.2, 0.25) is 0 Å². The van der Waals surface area contributed by atoms with Gasteiger partial charge in [-0.2, -0.15) is 0 Å². The highest BCUT2D eigenvalue weighted by atomic mass is 35.5. The van der Waals surface area contributed by atoms with E-state index in [2.05, 4.69) is 5.16 Å². The van der Waals surface area contributed by atoms with Crippen LogP contribution in [0, 0.1) is 10.1 Å². The molecule has 0 aromatic heterocycles. The van der Waals surface area contributed by atoms with E-state index in [1.807, 2.05) is 0 Å². The number of benzene rings is 1. The smallest absolute Gasteiger partial charge is 0.270 e. The number of nitro benzene ring substituents is 1. The van der Waals surface area contributed by atoms with Crippen molar-refractivity contribution in [3.05, 3.63) is 38.9 Å². The number of non-ortho nitro benzene ring substituents is 1. The summed E-state index contributed by atoms with van der Waals surface area (Å²) in [5, 5.41) is 22.2. The number of hydrogen-bond acceptors (Lipinski definition) is 4. The zero-order valence-corrected chi connectivity index (χ0v) is 8.02. The molecule has 0 spiro atoms. The molecule has 0 amide bonds. The Labute approximate surface area is 84.8 Å². The predicted molar refractivity (Wildman–Crippen MR) is 52.1 cm³/mol. The molecule has 0 aliphatic heterocycles. The molecule has 0 saturated carbocycles. The van der Waals surface area contributed by atoms with Gasteiger partial charge in [0.15, 0.2) is 0 Å². The van der Waals surface area contributed by atoms with Gasteiger partial charge in [-0.1, -0.05) is 16.8 Å². The van der Waals surface area contributed by atoms with E-state index >= 15 is 0 Å². The second-order valence-corrected chi connectivity index (χ2v) is 3.01. The Morgan fingerprint density at radius 2 is 2.29 bits per heavy atom. The topological polar surface area (TPSA) is 75.7 Å². The maximum Gasteiger partial charge on any atom is 0.270 e. The molecule has 1 rings (SSSR count). The van der Waals surface area contributed by atoms with Crippen molar-refractivity contribution in [1.29, 1.82) is 0 Å². The average Bonchev–Trinajstić information content (AvgIpc) is 2.17. The van der Waals surface area contributed by atoms with Crippen molar-refractivity contribution in [2.75, 3.05) is 0 Å². The third-order valence-corrected chi connectivity index (χ3v) is 2.03. The first-order valence-corrected chi connectivity index (χ1v) is 4.07. The molecule has 0 unspecified atom stereocenters. The van der Waals surface area contributed by atoms with Crippen LogP contribution < -0.4 is 0 Å². The normalized spacial score (nSPS) is 11.4. The molecule has 0 heterocycles. The van der Waals surface area contributed by atoms with Gasteiger partial charge in [-0.15, -0.1) is 0 Å². The van der Waals surface area contributed by atoms with Gasteiger partial charge < -0.3 is 5.21 Å². The Morgan fingerprint density at radius 1 is 1.64 bits per heavy atom. The van der Waals surface area contributed by atoms with Crippen LogP contribution in [0.15, 0.2) is 23.4 Å². The summed E-state index contributed by atoms with van der Waals surface area (Å²) in [7, 11) is 0. The summed E-state index contributed by atoms with van der Waals surface area (Å²) >= 11 is 5.76. The van der Waals surface area contributed by atoms with Gasteiger partial charge in [0, 0.05) is 17.7 Å². The molecular formula is C8H7ClN2O3. The molecule has 0 radical (unpaired) electrons. The van der Waals surface area contributed by atoms with Crippen molar-refractivity contribution in [3.8, 4) is 0 Å². The Bertz CT molecular complexity index is 404. The number of nitro groups is 1. The molecule has 0 atom stereocenters. The Balaban J connectivity index is 3.28. The van der Waals surface area contributed by atoms with Crippen LogP contribution in [0.25, 0.3) is 0 Å². The van der Waals surface area contributed by atoms with Gasteiger partial charge in [-0.05, 0) is 13.0 Å². The summed E-state index contributed by atoms with van der Waals surface area (Å²) in [6.45, 7) is 1.50. The molecule has 1 aromatic carbocycles. The highest BCUT2D eigenvalue weighted by Gasteiger charge is 2.11. The maximum atomic E-state index is 10.4. The SMILES string of the molecule is CC(=NO)c1cc([N+](=O)[O-])ccc1Cl. The predicted octanol–water partition coefficient (Wildman–Crippen LogP) is 2.45. The monoisotopic (exact) mass is 214 g/mol. The number of nitrogens with zero attached hydrogens (tertiary/aromatic N) is 2. The summed E-state index contributed by atoms with van der Waals surface area (Å²) in [6, 6.07) is 3.94. The molecule has 0 fully saturated rings. The summed E-state index contributed by atoms with van der Waals surface area (Å²) in [4.78, 5) is 9.90. The largest absolute Gasteiger partial charge is 0.411 e. The fourth-order valence-corrected chi connectivity index (χ4v) is 1.21. The van der Waals surface area contributed by atoms with E-state index < -0.39 is 4.92 Å². The highest BCUT2D eigenvalue weighted by Crippen LogP contribution is 2.22. The molecule has 0 bridgehead atoms. The number of halogens is 1. The quantitative estimate of drug-likeness (QED) is 0.356. The van der Waals surface area contributed by atoms with Crippen LogP contribution in [0.2, 0.25) is 5.02 Å². The van der Waals surface area contributed by atoms with E-state index in [-0.39, 0.29) is 11.4 Å². The summed E-state index contributed by atoms with van der Waals surface area (Å²) in [5.41, 5.74) is 0.495. The van der Waals surface area contributed by atoms with Crippen molar-refractivity contribution in [2.45, 2.75) is 6.92 Å². The fourth-order valence-electron chi connectivity index (χ4n) is 0.958. The number of rotatable bonds is 2. The first kappa shape index (κ1) is 10.5. The molecule has 0 saturated heterocycles. The van der Waals surface area contributed by atoms with E-state index in [4.69, 9.17) is 16.8 Å². The van der Waals surface area contributed by atoms with Gasteiger partial charge in [-0.3, -0.25) is 10.1 Å². The fraction of sp³-hybridized carbons (Fsp3) is 0.125. The van der Waals surface area contributed by atoms with Crippen LogP contribution in [-0.4, -0.2) is 15.8 Å². The standard InChI is InChI=1S/C8H7ClN2O3/c1-5(10-12)7-4-6(11(13)14)2-3-8(7)9/h2-4,12H,1H3. The highest BCUT2D eigenvalue weighted by molar-refractivity contribution is 6.34. The minimum absolute atomic E-state index is 0.0904. The van der Waals surface area contributed by atoms with Crippen molar-refractivity contribution >= 4 is 23.0 Å². The second kappa shape index (κ2) is 4.06. The Kier molecular flexibility index (Phi) is 3.03. The van der Waals surface area contributed by atoms with Crippen molar-refractivity contribution < 1.29 is 10.1 Å². The van der Waals surface area contributed by atoms with Gasteiger partial charge in [0.1, 0.15) is 0 Å². The van der Waals surface area contributed by atoms with Crippen molar-refractivity contribution in [3.63, 3.8) is 0 Å². The lowest BCUT2D eigenvalue weighted by Crippen LogP contribution is -1.97. The van der Waals surface area contributed by atoms with Gasteiger partial charge in [0.05, 0.1) is 15.7 Å². The summed E-state index contributed by atoms with van der Waals surface area (Å²) < 4.78 is 0. The zero-order chi connectivity index (χ0) is 10.7. The van der Waals surface area contributed by atoms with Crippen molar-refractivity contribution in [2.24, 2.45) is 5.16 Å². The lowest BCUT2D eigenvalue weighted by Gasteiger charge is -2.01. The maximum absolute atomic E-state index is 10.4. The van der Waals surface area contributed by atoms with Crippen LogP contribution in [-0.2, 0) is 0 Å². The first-order valence-electron chi connectivity index (χ1n) is 3.69. The van der Waals surface area contributed by atoms with Crippen LogP contribution >= 0.6 is 11.6 Å². The van der Waals surface area contributed by atoms with Crippen molar-refractivity contribution in [1.82, 2.24) is 0 Å². The second-order valence-electron chi connectivity index (χ2n) is 2.61. The minimum atomic E-state index is -0.537. The molecular weight excluding hydrogens is 208 g/mol. The lowest BCUT2D eigenvalue weighted by atomic mass is 10.1. The van der Waals surface area contributed by atoms with Crippen LogP contribution in [0.5, 0.6) is 0 Å². The third kappa shape index (κ3) is 2.00. The van der Waals surface area contributed by atoms with E-state index in [1.54, 1.807) is 0 Å². The molecule has 14 heavy (non-hydrogen) atoms. The molecule has 1 N–H and O–H groups in total. The first-order chi connectivity index (χ1) is 6.56. The third-order valence-electron chi connectivity index (χ3n) is 1.70. The Morgan fingerprint density at radius 3 is 2.79 bits per heavy atom.